The molecule has 1 aromatic carbocycles. The molecule has 0 aliphatic heterocycles. The Morgan fingerprint density at radius 3 is 2.75 bits per heavy atom. The number of para-hydroxylation sites is 1. The minimum atomic E-state index is -0.112. The van der Waals surface area contributed by atoms with Crippen molar-refractivity contribution in [1.29, 1.82) is 0 Å². The van der Waals surface area contributed by atoms with Gasteiger partial charge in [0.05, 0.1) is 22.4 Å². The molecule has 0 spiro atoms. The Hall–Kier alpha value is -2.64. The number of carbonyl (C=O) groups is 1. The molecule has 4 rings (SSSR count). The smallest absolute Gasteiger partial charge is 0.261 e. The number of nitrogens with zero attached hydrogens (tertiary/aromatic N) is 1. The van der Waals surface area contributed by atoms with Crippen LogP contribution in [0.3, 0.4) is 0 Å². The van der Waals surface area contributed by atoms with Gasteiger partial charge < -0.3 is 15.1 Å². The van der Waals surface area contributed by atoms with Crippen LogP contribution in [0.25, 0.3) is 9.53 Å². The average molecular weight is 355 g/mol. The monoisotopic (exact) mass is 355 g/mol. The summed E-state index contributed by atoms with van der Waals surface area (Å²) in [4.78, 5) is 18.3. The Balaban J connectivity index is 1.46. The molecule has 2 N–H and O–H groups in total. The lowest BCUT2D eigenvalue weighted by atomic mass is 10.3. The van der Waals surface area contributed by atoms with Gasteiger partial charge in [0.1, 0.15) is 10.6 Å². The van der Waals surface area contributed by atoms with Crippen LogP contribution in [0.1, 0.15) is 15.4 Å². The van der Waals surface area contributed by atoms with Crippen molar-refractivity contribution in [3.8, 4) is 0 Å². The van der Waals surface area contributed by atoms with Crippen molar-refractivity contribution < 1.29 is 9.21 Å². The zero-order valence-corrected chi connectivity index (χ0v) is 14.1. The molecule has 0 bridgehead atoms. The standard InChI is InChI=1S/C17H13N3O2S2/c21-15(18-10-12-7-4-8-22-12)13-9-14-16(23-13)20-17(24-14)19-11-5-2-1-3-6-11/h1-9H,10H2,(H,18,21)(H,19,20). The first-order chi connectivity index (χ1) is 11.8. The molecule has 0 saturated carbocycles. The fourth-order valence-electron chi connectivity index (χ4n) is 2.21. The average Bonchev–Trinajstić information content (AvgIpc) is 3.29. The van der Waals surface area contributed by atoms with Gasteiger partial charge in [-0.25, -0.2) is 4.98 Å². The van der Waals surface area contributed by atoms with E-state index in [2.05, 4.69) is 15.6 Å². The van der Waals surface area contributed by atoms with Gasteiger partial charge in [-0.15, -0.1) is 11.3 Å². The number of thiophene rings is 1. The molecule has 3 heterocycles. The topological polar surface area (TPSA) is 67.2 Å². The second-order valence-corrected chi connectivity index (χ2v) is 7.11. The Kier molecular flexibility index (Phi) is 4.02. The van der Waals surface area contributed by atoms with Crippen molar-refractivity contribution in [2.24, 2.45) is 0 Å². The number of anilines is 2. The zero-order chi connectivity index (χ0) is 16.4. The quantitative estimate of drug-likeness (QED) is 0.548. The van der Waals surface area contributed by atoms with Gasteiger partial charge in [-0.2, -0.15) is 0 Å². The molecule has 4 aromatic rings. The fourth-order valence-corrected chi connectivity index (χ4v) is 4.27. The van der Waals surface area contributed by atoms with E-state index in [4.69, 9.17) is 4.42 Å². The zero-order valence-electron chi connectivity index (χ0n) is 12.5. The van der Waals surface area contributed by atoms with Crippen LogP contribution >= 0.6 is 22.7 Å². The minimum Gasteiger partial charge on any atom is -0.467 e. The first-order valence-corrected chi connectivity index (χ1v) is 8.94. The number of amides is 1. The maximum Gasteiger partial charge on any atom is 0.261 e. The van der Waals surface area contributed by atoms with E-state index in [-0.39, 0.29) is 5.91 Å². The van der Waals surface area contributed by atoms with Crippen molar-refractivity contribution in [2.45, 2.75) is 6.54 Å². The lowest BCUT2D eigenvalue weighted by Gasteiger charge is -2.01. The van der Waals surface area contributed by atoms with Crippen molar-refractivity contribution in [1.82, 2.24) is 10.3 Å². The third kappa shape index (κ3) is 3.17. The lowest BCUT2D eigenvalue weighted by Crippen LogP contribution is -2.21. The van der Waals surface area contributed by atoms with Gasteiger partial charge in [0.25, 0.3) is 5.91 Å². The number of carbonyl (C=O) groups excluding carboxylic acids is 1. The Bertz CT molecular complexity index is 927. The first kappa shape index (κ1) is 14.9. The summed E-state index contributed by atoms with van der Waals surface area (Å²) in [5, 5.41) is 6.94. The lowest BCUT2D eigenvalue weighted by molar-refractivity contribution is 0.0952. The predicted molar refractivity (Wildman–Crippen MR) is 97.1 cm³/mol. The van der Waals surface area contributed by atoms with Gasteiger partial charge >= 0.3 is 0 Å². The summed E-state index contributed by atoms with van der Waals surface area (Å²) in [5.74, 6) is 0.619. The van der Waals surface area contributed by atoms with Gasteiger partial charge in [-0.05, 0) is 30.3 Å². The third-order valence-electron chi connectivity index (χ3n) is 3.34. The van der Waals surface area contributed by atoms with Gasteiger partial charge in [0.2, 0.25) is 0 Å². The molecule has 0 radical (unpaired) electrons. The number of thiazole rings is 1. The molecular weight excluding hydrogens is 342 g/mol. The van der Waals surface area contributed by atoms with Gasteiger partial charge in [-0.3, -0.25) is 4.79 Å². The molecule has 7 heteroatoms. The minimum absolute atomic E-state index is 0.112. The van der Waals surface area contributed by atoms with Crippen molar-refractivity contribution >= 4 is 48.9 Å². The van der Waals surface area contributed by atoms with Crippen LogP contribution in [0.2, 0.25) is 0 Å². The van der Waals surface area contributed by atoms with E-state index in [1.165, 1.54) is 22.7 Å². The molecule has 0 aliphatic carbocycles. The predicted octanol–water partition coefficient (Wildman–Crippen LogP) is 4.62. The number of aromatic nitrogens is 1. The Morgan fingerprint density at radius 2 is 2.00 bits per heavy atom. The molecular formula is C17H13N3O2S2. The number of furan rings is 1. The van der Waals surface area contributed by atoms with Crippen LogP contribution in [-0.2, 0) is 6.54 Å². The molecule has 1 amide bonds. The summed E-state index contributed by atoms with van der Waals surface area (Å²) in [7, 11) is 0. The molecule has 0 unspecified atom stereocenters. The normalized spacial score (nSPS) is 10.8. The highest BCUT2D eigenvalue weighted by atomic mass is 32.1. The van der Waals surface area contributed by atoms with Crippen molar-refractivity contribution in [2.75, 3.05) is 5.32 Å². The van der Waals surface area contributed by atoms with E-state index in [0.717, 1.165) is 26.1 Å². The van der Waals surface area contributed by atoms with E-state index in [9.17, 15) is 4.79 Å². The Labute approximate surface area is 146 Å². The molecule has 0 saturated heterocycles. The molecule has 24 heavy (non-hydrogen) atoms. The molecule has 120 valence electrons. The number of benzene rings is 1. The fraction of sp³-hybridized carbons (Fsp3) is 0.0588. The summed E-state index contributed by atoms with van der Waals surface area (Å²) in [6.07, 6.45) is 1.59. The van der Waals surface area contributed by atoms with Crippen LogP contribution < -0.4 is 10.6 Å². The SMILES string of the molecule is O=C(NCc1ccco1)c1cc2sc(Nc3ccccc3)nc2s1. The second-order valence-electron chi connectivity index (χ2n) is 5.05. The van der Waals surface area contributed by atoms with Crippen LogP contribution in [0.5, 0.6) is 0 Å². The number of rotatable bonds is 5. The highest BCUT2D eigenvalue weighted by Crippen LogP contribution is 2.34. The molecule has 0 aliphatic rings. The maximum atomic E-state index is 12.2. The first-order valence-electron chi connectivity index (χ1n) is 7.31. The van der Waals surface area contributed by atoms with Gasteiger partial charge in [0, 0.05) is 5.69 Å². The highest BCUT2D eigenvalue weighted by molar-refractivity contribution is 7.29. The summed E-state index contributed by atoms with van der Waals surface area (Å²) in [5.41, 5.74) is 0.996. The van der Waals surface area contributed by atoms with Crippen molar-refractivity contribution in [3.05, 3.63) is 65.4 Å². The molecule has 0 fully saturated rings. The summed E-state index contributed by atoms with van der Waals surface area (Å²) in [6.45, 7) is 0.381. The summed E-state index contributed by atoms with van der Waals surface area (Å²) < 4.78 is 6.21. The highest BCUT2D eigenvalue weighted by Gasteiger charge is 2.14. The second kappa shape index (κ2) is 6.46. The van der Waals surface area contributed by atoms with Crippen LogP contribution in [0, 0.1) is 0 Å². The van der Waals surface area contributed by atoms with E-state index < -0.39 is 0 Å². The van der Waals surface area contributed by atoms with Gasteiger partial charge in [0.15, 0.2) is 5.13 Å². The third-order valence-corrected chi connectivity index (χ3v) is 5.42. The summed E-state index contributed by atoms with van der Waals surface area (Å²) >= 11 is 2.93. The maximum absolute atomic E-state index is 12.2. The van der Waals surface area contributed by atoms with Crippen molar-refractivity contribution in [3.63, 3.8) is 0 Å². The van der Waals surface area contributed by atoms with Crippen LogP contribution in [0.4, 0.5) is 10.8 Å². The van der Waals surface area contributed by atoms with E-state index in [0.29, 0.717) is 11.4 Å². The number of hydrogen-bond acceptors (Lipinski definition) is 6. The van der Waals surface area contributed by atoms with E-state index in [1.807, 2.05) is 42.5 Å². The molecule has 5 nitrogen and oxygen atoms in total. The largest absolute Gasteiger partial charge is 0.467 e. The number of hydrogen-bond donors (Lipinski definition) is 2. The summed E-state index contributed by atoms with van der Waals surface area (Å²) in [6, 6.07) is 15.4. The number of nitrogens with one attached hydrogen (secondary N) is 2. The van der Waals surface area contributed by atoms with E-state index in [1.54, 1.807) is 12.3 Å². The Morgan fingerprint density at radius 1 is 1.12 bits per heavy atom. The van der Waals surface area contributed by atoms with E-state index >= 15 is 0 Å². The molecule has 0 atom stereocenters. The van der Waals surface area contributed by atoms with Gasteiger partial charge in [-0.1, -0.05) is 29.5 Å². The van der Waals surface area contributed by atoms with Crippen LogP contribution in [-0.4, -0.2) is 10.9 Å². The number of fused-ring (bicyclic) bond motifs is 1. The van der Waals surface area contributed by atoms with Crippen LogP contribution in [0.15, 0.2) is 59.2 Å². The molecule has 3 aromatic heterocycles.